The minimum Gasteiger partial charge on any atom is -0.398 e. The molecule has 0 aliphatic carbocycles. The molecule has 6 heteroatoms. The number of aryl methyl sites for hydroxylation is 1. The van der Waals surface area contributed by atoms with Gasteiger partial charge in [0.2, 0.25) is 5.43 Å². The second-order valence-electron chi connectivity index (χ2n) is 5.14. The largest absolute Gasteiger partial charge is 0.398 e. The van der Waals surface area contributed by atoms with Crippen LogP contribution in [0.4, 0.5) is 5.69 Å². The van der Waals surface area contributed by atoms with Crippen molar-refractivity contribution in [3.8, 4) is 0 Å². The Bertz CT molecular complexity index is 737. The summed E-state index contributed by atoms with van der Waals surface area (Å²) in [6.45, 7) is 2.71. The van der Waals surface area contributed by atoms with E-state index in [0.29, 0.717) is 17.6 Å². The molecule has 1 heterocycles. The standard InChI is InChI=1S/C16H21N3O3/c1-2-3-8-19-10-11(16(22)18-7-9-20)15(21)14-12(17)5-4-6-13(14)19/h4-6,10,20H,2-3,7-9,17H2,1H3,(H,18,22). The van der Waals surface area contributed by atoms with Gasteiger partial charge in [0.1, 0.15) is 5.56 Å². The molecule has 2 rings (SSSR count). The summed E-state index contributed by atoms with van der Waals surface area (Å²) in [5.41, 5.74) is 6.71. The van der Waals surface area contributed by atoms with Crippen molar-refractivity contribution >= 4 is 22.5 Å². The topological polar surface area (TPSA) is 97.4 Å². The van der Waals surface area contributed by atoms with E-state index in [1.54, 1.807) is 18.3 Å². The molecule has 0 unspecified atom stereocenters. The zero-order chi connectivity index (χ0) is 16.1. The molecule has 0 aliphatic heterocycles. The second-order valence-corrected chi connectivity index (χ2v) is 5.14. The number of carbonyl (C=O) groups is 1. The van der Waals surface area contributed by atoms with Gasteiger partial charge in [-0.3, -0.25) is 9.59 Å². The molecule has 0 fully saturated rings. The highest BCUT2D eigenvalue weighted by molar-refractivity contribution is 6.00. The average molecular weight is 303 g/mol. The molecule has 0 bridgehead atoms. The van der Waals surface area contributed by atoms with E-state index in [-0.39, 0.29) is 24.1 Å². The van der Waals surface area contributed by atoms with Crippen molar-refractivity contribution in [2.75, 3.05) is 18.9 Å². The van der Waals surface area contributed by atoms with Crippen molar-refractivity contribution in [1.82, 2.24) is 9.88 Å². The van der Waals surface area contributed by atoms with E-state index in [1.165, 1.54) is 0 Å². The summed E-state index contributed by atoms with van der Waals surface area (Å²) in [6.07, 6.45) is 3.51. The fourth-order valence-corrected chi connectivity index (χ4v) is 2.40. The van der Waals surface area contributed by atoms with Gasteiger partial charge < -0.3 is 20.7 Å². The van der Waals surface area contributed by atoms with E-state index in [1.807, 2.05) is 10.6 Å². The van der Waals surface area contributed by atoms with Gasteiger partial charge in [-0.1, -0.05) is 19.4 Å². The van der Waals surface area contributed by atoms with Crippen molar-refractivity contribution < 1.29 is 9.90 Å². The van der Waals surface area contributed by atoms with Crippen molar-refractivity contribution in [2.24, 2.45) is 0 Å². The number of fused-ring (bicyclic) bond motifs is 1. The van der Waals surface area contributed by atoms with Gasteiger partial charge in [-0.05, 0) is 18.6 Å². The van der Waals surface area contributed by atoms with Crippen LogP contribution < -0.4 is 16.5 Å². The number of nitrogens with two attached hydrogens (primary N) is 1. The fourth-order valence-electron chi connectivity index (χ4n) is 2.40. The Morgan fingerprint density at radius 1 is 1.41 bits per heavy atom. The second kappa shape index (κ2) is 7.09. The van der Waals surface area contributed by atoms with Gasteiger partial charge in [-0.2, -0.15) is 0 Å². The number of aliphatic hydroxyl groups excluding tert-OH is 1. The van der Waals surface area contributed by atoms with Crippen LogP contribution in [0.25, 0.3) is 10.9 Å². The lowest BCUT2D eigenvalue weighted by Crippen LogP contribution is -2.32. The van der Waals surface area contributed by atoms with E-state index in [4.69, 9.17) is 10.8 Å². The summed E-state index contributed by atoms with van der Waals surface area (Å²) in [5, 5.41) is 11.7. The average Bonchev–Trinajstić information content (AvgIpc) is 2.52. The van der Waals surface area contributed by atoms with Gasteiger partial charge in [0, 0.05) is 25.0 Å². The van der Waals surface area contributed by atoms with Gasteiger partial charge in [0.15, 0.2) is 0 Å². The predicted molar refractivity (Wildman–Crippen MR) is 86.9 cm³/mol. The van der Waals surface area contributed by atoms with Crippen LogP contribution in [0.3, 0.4) is 0 Å². The van der Waals surface area contributed by atoms with Crippen LogP contribution in [0.15, 0.2) is 29.2 Å². The lowest BCUT2D eigenvalue weighted by molar-refractivity contribution is 0.0943. The molecule has 0 radical (unpaired) electrons. The number of nitrogens with zero attached hydrogens (tertiary/aromatic N) is 1. The number of amides is 1. The third kappa shape index (κ3) is 3.12. The molecule has 0 aliphatic rings. The minimum absolute atomic E-state index is 0.0509. The molecule has 118 valence electrons. The van der Waals surface area contributed by atoms with E-state index < -0.39 is 5.91 Å². The first kappa shape index (κ1) is 16.0. The molecular weight excluding hydrogens is 282 g/mol. The van der Waals surface area contributed by atoms with Crippen LogP contribution in [-0.2, 0) is 6.54 Å². The summed E-state index contributed by atoms with van der Waals surface area (Å²) in [6, 6.07) is 5.28. The number of benzene rings is 1. The maximum absolute atomic E-state index is 12.6. The molecule has 0 saturated heterocycles. The van der Waals surface area contributed by atoms with Gasteiger partial charge in [-0.25, -0.2) is 0 Å². The number of aliphatic hydroxyl groups is 1. The minimum atomic E-state index is -0.491. The normalized spacial score (nSPS) is 10.8. The van der Waals surface area contributed by atoms with Crippen molar-refractivity contribution in [2.45, 2.75) is 26.3 Å². The lowest BCUT2D eigenvalue weighted by Gasteiger charge is -2.14. The zero-order valence-electron chi connectivity index (χ0n) is 12.6. The molecule has 6 nitrogen and oxygen atoms in total. The van der Waals surface area contributed by atoms with Crippen LogP contribution in [0, 0.1) is 0 Å². The first-order valence-electron chi connectivity index (χ1n) is 7.40. The number of anilines is 1. The van der Waals surface area contributed by atoms with Crippen LogP contribution in [0.5, 0.6) is 0 Å². The lowest BCUT2D eigenvalue weighted by atomic mass is 10.1. The number of nitrogen functional groups attached to an aromatic ring is 1. The summed E-state index contributed by atoms with van der Waals surface area (Å²) in [7, 11) is 0. The van der Waals surface area contributed by atoms with E-state index >= 15 is 0 Å². The summed E-state index contributed by atoms with van der Waals surface area (Å²) >= 11 is 0. The molecule has 0 spiro atoms. The van der Waals surface area contributed by atoms with E-state index in [9.17, 15) is 9.59 Å². The third-order valence-corrected chi connectivity index (χ3v) is 3.54. The molecule has 0 atom stereocenters. The zero-order valence-corrected chi connectivity index (χ0v) is 12.6. The highest BCUT2D eigenvalue weighted by atomic mass is 16.3. The molecule has 2 aromatic rings. The SMILES string of the molecule is CCCCn1cc(C(=O)NCCO)c(=O)c2c(N)cccc21. The number of nitrogens with one attached hydrogen (secondary N) is 1. The van der Waals surface area contributed by atoms with Crippen molar-refractivity contribution in [1.29, 1.82) is 0 Å². The van der Waals surface area contributed by atoms with E-state index in [2.05, 4.69) is 12.2 Å². The molecule has 4 N–H and O–H groups in total. The fraction of sp³-hybridized carbons (Fsp3) is 0.375. The number of rotatable bonds is 6. The van der Waals surface area contributed by atoms with Crippen LogP contribution in [0.1, 0.15) is 30.1 Å². The van der Waals surface area contributed by atoms with Gasteiger partial charge in [0.05, 0.1) is 17.5 Å². The highest BCUT2D eigenvalue weighted by Crippen LogP contribution is 2.19. The molecule has 1 amide bonds. The summed E-state index contributed by atoms with van der Waals surface area (Å²) < 4.78 is 1.89. The molecule has 0 saturated carbocycles. The van der Waals surface area contributed by atoms with Gasteiger partial charge in [-0.15, -0.1) is 0 Å². The van der Waals surface area contributed by atoms with Crippen LogP contribution >= 0.6 is 0 Å². The Balaban J connectivity index is 2.62. The Labute approximate surface area is 128 Å². The molecule has 1 aromatic heterocycles. The van der Waals surface area contributed by atoms with Crippen molar-refractivity contribution in [3.05, 3.63) is 40.2 Å². The summed E-state index contributed by atoms with van der Waals surface area (Å²) in [5.74, 6) is -0.491. The quantitative estimate of drug-likeness (QED) is 0.696. The van der Waals surface area contributed by atoms with Crippen LogP contribution in [0.2, 0.25) is 0 Å². The maximum atomic E-state index is 12.6. The third-order valence-electron chi connectivity index (χ3n) is 3.54. The first-order chi connectivity index (χ1) is 10.6. The number of hydrogen-bond acceptors (Lipinski definition) is 4. The Hall–Kier alpha value is -2.34. The number of pyridine rings is 1. The highest BCUT2D eigenvalue weighted by Gasteiger charge is 2.16. The smallest absolute Gasteiger partial charge is 0.256 e. The Morgan fingerprint density at radius 3 is 2.86 bits per heavy atom. The van der Waals surface area contributed by atoms with Gasteiger partial charge >= 0.3 is 0 Å². The molecule has 22 heavy (non-hydrogen) atoms. The number of hydrogen-bond donors (Lipinski definition) is 3. The number of unbranched alkanes of at least 4 members (excludes halogenated alkanes) is 1. The Kier molecular flexibility index (Phi) is 5.16. The van der Waals surface area contributed by atoms with Gasteiger partial charge in [0.25, 0.3) is 5.91 Å². The maximum Gasteiger partial charge on any atom is 0.256 e. The molecular formula is C16H21N3O3. The number of carbonyl (C=O) groups excluding carboxylic acids is 1. The molecule has 1 aromatic carbocycles. The van der Waals surface area contributed by atoms with Crippen LogP contribution in [-0.4, -0.2) is 28.7 Å². The van der Waals surface area contributed by atoms with E-state index in [0.717, 1.165) is 18.4 Å². The Morgan fingerprint density at radius 2 is 2.18 bits per heavy atom. The van der Waals surface area contributed by atoms with Crippen molar-refractivity contribution in [3.63, 3.8) is 0 Å². The first-order valence-corrected chi connectivity index (χ1v) is 7.40. The summed E-state index contributed by atoms with van der Waals surface area (Å²) in [4.78, 5) is 24.7. The number of aromatic nitrogens is 1. The monoisotopic (exact) mass is 303 g/mol. The predicted octanol–water partition coefficient (Wildman–Crippen LogP) is 1.11.